The van der Waals surface area contributed by atoms with Crippen molar-refractivity contribution < 1.29 is 17.9 Å². The molecule has 1 fully saturated rings. The van der Waals surface area contributed by atoms with E-state index in [4.69, 9.17) is 10.00 Å². The number of hydrogen-bond acceptors (Lipinski definition) is 3. The second kappa shape index (κ2) is 7.08. The number of rotatable bonds is 3. The molecule has 0 amide bonds. The molecule has 26 heavy (non-hydrogen) atoms. The predicted octanol–water partition coefficient (Wildman–Crippen LogP) is 4.88. The summed E-state index contributed by atoms with van der Waals surface area (Å²) in [6.45, 7) is 2.48. The van der Waals surface area contributed by atoms with Crippen molar-refractivity contribution in [3.8, 4) is 6.07 Å². The lowest BCUT2D eigenvalue weighted by Gasteiger charge is -2.16. The van der Waals surface area contributed by atoms with Crippen LogP contribution in [0.1, 0.15) is 24.5 Å². The van der Waals surface area contributed by atoms with Crippen LogP contribution in [0.15, 0.2) is 53.5 Å². The molecule has 7 heteroatoms. The Kier molecular flexibility index (Phi) is 4.85. The van der Waals surface area contributed by atoms with Gasteiger partial charge in [-0.05, 0) is 42.8 Å². The van der Waals surface area contributed by atoms with E-state index in [1.807, 2.05) is 13.0 Å². The number of nitrogens with zero attached hydrogens (tertiary/aromatic N) is 3. The highest BCUT2D eigenvalue weighted by Crippen LogP contribution is 2.32. The smallest absolute Gasteiger partial charge is 0.416 e. The van der Waals surface area contributed by atoms with E-state index >= 15 is 0 Å². The molecule has 4 nitrogen and oxygen atoms in total. The van der Waals surface area contributed by atoms with Crippen LogP contribution < -0.4 is 4.90 Å². The molecular formula is C19H16F3N3O. The maximum atomic E-state index is 12.9. The van der Waals surface area contributed by atoms with Crippen LogP contribution in [0.5, 0.6) is 0 Å². The summed E-state index contributed by atoms with van der Waals surface area (Å²) < 4.78 is 44.5. The second-order valence-electron chi connectivity index (χ2n) is 5.86. The second-order valence-corrected chi connectivity index (χ2v) is 5.86. The first-order chi connectivity index (χ1) is 12.4. The monoisotopic (exact) mass is 359 g/mol. The fourth-order valence-electron chi connectivity index (χ4n) is 2.65. The van der Waals surface area contributed by atoms with Gasteiger partial charge in [0.1, 0.15) is 6.10 Å². The van der Waals surface area contributed by atoms with E-state index in [2.05, 4.69) is 11.1 Å². The van der Waals surface area contributed by atoms with Crippen molar-refractivity contribution >= 4 is 17.4 Å². The number of ether oxygens (including phenoxy) is 1. The Labute approximate surface area is 149 Å². The summed E-state index contributed by atoms with van der Waals surface area (Å²) in [7, 11) is 0. The molecular weight excluding hydrogens is 343 g/mol. The van der Waals surface area contributed by atoms with Gasteiger partial charge >= 0.3 is 6.18 Å². The SMILES string of the molecule is CCC1CN(c2cccc(C#N)c2)C(=Nc2cccc(C(F)(F)F)c2)O1. The number of hydrogen-bond donors (Lipinski definition) is 0. The highest BCUT2D eigenvalue weighted by molar-refractivity contribution is 5.95. The highest BCUT2D eigenvalue weighted by Gasteiger charge is 2.32. The summed E-state index contributed by atoms with van der Waals surface area (Å²) in [5.41, 5.74) is 0.599. The van der Waals surface area contributed by atoms with Crippen molar-refractivity contribution in [3.63, 3.8) is 0 Å². The topological polar surface area (TPSA) is 48.6 Å². The average Bonchev–Trinajstić information content (AvgIpc) is 3.04. The van der Waals surface area contributed by atoms with E-state index in [0.29, 0.717) is 17.8 Å². The van der Waals surface area contributed by atoms with Crippen LogP contribution in [-0.4, -0.2) is 18.7 Å². The van der Waals surface area contributed by atoms with Gasteiger partial charge in [0.05, 0.1) is 29.4 Å². The summed E-state index contributed by atoms with van der Waals surface area (Å²) in [4.78, 5) is 6.05. The first kappa shape index (κ1) is 17.8. The summed E-state index contributed by atoms with van der Waals surface area (Å²) in [6, 6.07) is 14.0. The van der Waals surface area contributed by atoms with Gasteiger partial charge in [0.2, 0.25) is 0 Å². The molecule has 2 aromatic rings. The van der Waals surface area contributed by atoms with Gasteiger partial charge in [0.25, 0.3) is 6.02 Å². The molecule has 0 spiro atoms. The first-order valence-corrected chi connectivity index (χ1v) is 8.11. The average molecular weight is 359 g/mol. The maximum Gasteiger partial charge on any atom is 0.416 e. The van der Waals surface area contributed by atoms with Crippen LogP contribution in [0.4, 0.5) is 24.5 Å². The maximum absolute atomic E-state index is 12.9. The third-order valence-corrected chi connectivity index (χ3v) is 4.03. The van der Waals surface area contributed by atoms with Crippen molar-refractivity contribution in [1.82, 2.24) is 0 Å². The molecule has 134 valence electrons. The zero-order chi connectivity index (χ0) is 18.7. The standard InChI is InChI=1S/C19H16F3N3O/c1-2-17-12-25(16-8-3-5-13(9-16)11-23)18(26-17)24-15-7-4-6-14(10-15)19(20,21)22/h3-10,17H,2,12H2,1H3. The molecule has 1 atom stereocenters. The predicted molar refractivity (Wildman–Crippen MR) is 92.2 cm³/mol. The minimum Gasteiger partial charge on any atom is -0.459 e. The van der Waals surface area contributed by atoms with E-state index in [-0.39, 0.29) is 17.8 Å². The lowest BCUT2D eigenvalue weighted by atomic mass is 10.2. The number of anilines is 1. The van der Waals surface area contributed by atoms with E-state index in [9.17, 15) is 13.2 Å². The summed E-state index contributed by atoms with van der Waals surface area (Å²) in [5.74, 6) is 0. The molecule has 0 aliphatic carbocycles. The van der Waals surface area contributed by atoms with Gasteiger partial charge in [0, 0.05) is 5.69 Å². The van der Waals surface area contributed by atoms with Crippen molar-refractivity contribution in [2.45, 2.75) is 25.6 Å². The van der Waals surface area contributed by atoms with Crippen molar-refractivity contribution in [3.05, 3.63) is 59.7 Å². The molecule has 0 radical (unpaired) electrons. The van der Waals surface area contributed by atoms with Gasteiger partial charge in [-0.25, -0.2) is 0 Å². The molecule has 0 aromatic heterocycles. The Morgan fingerprint density at radius 3 is 2.69 bits per heavy atom. The minimum absolute atomic E-state index is 0.120. The van der Waals surface area contributed by atoms with Gasteiger partial charge in [-0.3, -0.25) is 4.90 Å². The lowest BCUT2D eigenvalue weighted by Crippen LogP contribution is -2.25. The normalized spacial score (nSPS) is 18.7. The number of halogens is 3. The van der Waals surface area contributed by atoms with Crippen LogP contribution in [0.2, 0.25) is 0 Å². The molecule has 1 aliphatic heterocycles. The Morgan fingerprint density at radius 2 is 2.00 bits per heavy atom. The quantitative estimate of drug-likeness (QED) is 0.785. The van der Waals surface area contributed by atoms with Gasteiger partial charge < -0.3 is 4.74 Å². The van der Waals surface area contributed by atoms with Crippen LogP contribution in [0.3, 0.4) is 0 Å². The third kappa shape index (κ3) is 3.80. The molecule has 2 aromatic carbocycles. The molecule has 1 heterocycles. The summed E-state index contributed by atoms with van der Waals surface area (Å²) >= 11 is 0. The Hall–Kier alpha value is -3.01. The van der Waals surface area contributed by atoms with Gasteiger partial charge in [-0.15, -0.1) is 0 Å². The van der Waals surface area contributed by atoms with Crippen molar-refractivity contribution in [1.29, 1.82) is 5.26 Å². The Bertz CT molecular complexity index is 871. The fraction of sp³-hybridized carbons (Fsp3) is 0.263. The van der Waals surface area contributed by atoms with Gasteiger partial charge in [-0.2, -0.15) is 23.4 Å². The van der Waals surface area contributed by atoms with E-state index in [1.54, 1.807) is 23.1 Å². The summed E-state index contributed by atoms with van der Waals surface area (Å²) in [5, 5.41) is 9.07. The number of amidine groups is 1. The molecule has 0 N–H and O–H groups in total. The molecule has 1 saturated heterocycles. The molecule has 0 saturated carbocycles. The van der Waals surface area contributed by atoms with E-state index < -0.39 is 11.7 Å². The van der Waals surface area contributed by atoms with Crippen molar-refractivity contribution in [2.24, 2.45) is 4.99 Å². The highest BCUT2D eigenvalue weighted by atomic mass is 19.4. The largest absolute Gasteiger partial charge is 0.459 e. The molecule has 1 unspecified atom stereocenters. The zero-order valence-corrected chi connectivity index (χ0v) is 14.0. The Balaban J connectivity index is 1.98. The van der Waals surface area contributed by atoms with Crippen LogP contribution >= 0.6 is 0 Å². The Morgan fingerprint density at radius 1 is 1.23 bits per heavy atom. The summed E-state index contributed by atoms with van der Waals surface area (Å²) in [6.07, 6.45) is -3.82. The molecule has 1 aliphatic rings. The fourth-order valence-corrected chi connectivity index (χ4v) is 2.65. The first-order valence-electron chi connectivity index (χ1n) is 8.11. The van der Waals surface area contributed by atoms with Gasteiger partial charge in [-0.1, -0.05) is 19.1 Å². The number of aliphatic imine (C=N–C) groups is 1. The molecule has 3 rings (SSSR count). The molecule has 0 bridgehead atoms. The third-order valence-electron chi connectivity index (χ3n) is 4.03. The number of benzene rings is 2. The van der Waals surface area contributed by atoms with E-state index in [1.165, 1.54) is 12.1 Å². The lowest BCUT2D eigenvalue weighted by molar-refractivity contribution is -0.137. The zero-order valence-electron chi connectivity index (χ0n) is 14.0. The van der Waals surface area contributed by atoms with E-state index in [0.717, 1.165) is 18.6 Å². The number of nitriles is 1. The number of alkyl halides is 3. The van der Waals surface area contributed by atoms with Crippen LogP contribution in [0.25, 0.3) is 0 Å². The van der Waals surface area contributed by atoms with Crippen LogP contribution in [0, 0.1) is 11.3 Å². The van der Waals surface area contributed by atoms with Crippen LogP contribution in [-0.2, 0) is 10.9 Å². The van der Waals surface area contributed by atoms with Crippen molar-refractivity contribution in [2.75, 3.05) is 11.4 Å². The minimum atomic E-state index is -4.43. The van der Waals surface area contributed by atoms with Gasteiger partial charge in [0.15, 0.2) is 0 Å².